The van der Waals surface area contributed by atoms with Gasteiger partial charge in [0.1, 0.15) is 0 Å². The number of aliphatic hydroxyl groups is 1. The van der Waals surface area contributed by atoms with E-state index in [1.807, 2.05) is 6.07 Å². The Hall–Kier alpha value is -1.22. The molecule has 2 fully saturated rings. The molecule has 1 aromatic rings. The third-order valence-corrected chi connectivity index (χ3v) is 6.81. The van der Waals surface area contributed by atoms with Gasteiger partial charge in [0.25, 0.3) is 0 Å². The molecule has 3 N–H and O–H groups in total. The molecule has 0 saturated heterocycles. The maximum atomic E-state index is 10.4. The predicted octanol–water partition coefficient (Wildman–Crippen LogP) is 3.31. The van der Waals surface area contributed by atoms with Crippen LogP contribution in [0.1, 0.15) is 56.1 Å². The largest absolute Gasteiger partial charge is 0.504 e. The van der Waals surface area contributed by atoms with Gasteiger partial charge in [-0.1, -0.05) is 13.0 Å². The first-order valence-electron chi connectivity index (χ1n) is 8.24. The molecule has 0 amide bonds. The lowest BCUT2D eigenvalue weighted by molar-refractivity contribution is -0.0227. The molecule has 2 saturated carbocycles. The van der Waals surface area contributed by atoms with Gasteiger partial charge in [0.15, 0.2) is 11.5 Å². The van der Waals surface area contributed by atoms with Gasteiger partial charge in [0.2, 0.25) is 0 Å². The Morgan fingerprint density at radius 3 is 2.71 bits per heavy atom. The molecule has 114 valence electrons. The minimum absolute atomic E-state index is 0.00383. The fourth-order valence-corrected chi connectivity index (χ4v) is 5.61. The van der Waals surface area contributed by atoms with Crippen LogP contribution in [0.5, 0.6) is 11.5 Å². The molecule has 5 atom stereocenters. The van der Waals surface area contributed by atoms with Gasteiger partial charge in [-0.3, -0.25) is 0 Å². The lowest BCUT2D eigenvalue weighted by Crippen LogP contribution is -2.43. The number of aromatic hydroxyl groups is 2. The molecule has 0 heterocycles. The highest BCUT2D eigenvalue weighted by Gasteiger charge is 2.54. The van der Waals surface area contributed by atoms with Crippen LogP contribution in [-0.4, -0.2) is 21.4 Å². The first-order chi connectivity index (χ1) is 10.0. The summed E-state index contributed by atoms with van der Waals surface area (Å²) < 4.78 is 0. The topological polar surface area (TPSA) is 60.7 Å². The van der Waals surface area contributed by atoms with Crippen molar-refractivity contribution in [3.05, 3.63) is 23.3 Å². The van der Waals surface area contributed by atoms with E-state index < -0.39 is 0 Å². The molecule has 3 aliphatic rings. The molecule has 4 rings (SSSR count). The second kappa shape index (κ2) is 4.39. The van der Waals surface area contributed by atoms with Crippen molar-refractivity contribution < 1.29 is 15.3 Å². The SMILES string of the molecule is C[C@]12CC[C@H]3c4ccc(O)c(O)c4CC[C@H]3[C@H]1CC[C@@H]2O. The van der Waals surface area contributed by atoms with Crippen molar-refractivity contribution in [2.24, 2.45) is 17.3 Å². The molecule has 3 aliphatic carbocycles. The summed E-state index contributed by atoms with van der Waals surface area (Å²) >= 11 is 0. The minimum Gasteiger partial charge on any atom is -0.504 e. The number of rotatable bonds is 0. The van der Waals surface area contributed by atoms with Crippen LogP contribution in [0.3, 0.4) is 0 Å². The van der Waals surface area contributed by atoms with E-state index in [1.54, 1.807) is 6.07 Å². The van der Waals surface area contributed by atoms with E-state index in [1.165, 1.54) is 5.56 Å². The average molecular weight is 288 g/mol. The van der Waals surface area contributed by atoms with Gasteiger partial charge in [0.05, 0.1) is 6.10 Å². The zero-order chi connectivity index (χ0) is 14.8. The van der Waals surface area contributed by atoms with Gasteiger partial charge in [-0.05, 0) is 73.3 Å². The molecule has 0 unspecified atom stereocenters. The summed E-state index contributed by atoms with van der Waals surface area (Å²) in [7, 11) is 0. The molecule has 0 radical (unpaired) electrons. The third kappa shape index (κ3) is 1.70. The molecule has 1 aromatic carbocycles. The smallest absolute Gasteiger partial charge is 0.160 e. The third-order valence-electron chi connectivity index (χ3n) is 6.81. The molecule has 3 heteroatoms. The summed E-state index contributed by atoms with van der Waals surface area (Å²) in [5.41, 5.74) is 2.29. The number of hydrogen-bond donors (Lipinski definition) is 3. The van der Waals surface area contributed by atoms with E-state index in [0.717, 1.165) is 44.1 Å². The number of aliphatic hydroxyl groups excluding tert-OH is 1. The van der Waals surface area contributed by atoms with Gasteiger partial charge in [0, 0.05) is 5.56 Å². The summed E-state index contributed by atoms with van der Waals surface area (Å²) in [6.45, 7) is 2.27. The Morgan fingerprint density at radius 1 is 1.10 bits per heavy atom. The number of phenolic OH excluding ortho intramolecular Hbond substituents is 2. The fraction of sp³-hybridized carbons (Fsp3) is 0.667. The van der Waals surface area contributed by atoms with Crippen LogP contribution in [0, 0.1) is 17.3 Å². The van der Waals surface area contributed by atoms with Gasteiger partial charge in [-0.2, -0.15) is 0 Å². The summed E-state index contributed by atoms with van der Waals surface area (Å²) in [4.78, 5) is 0. The normalized spacial score (nSPS) is 41.2. The maximum absolute atomic E-state index is 10.4. The Labute approximate surface area is 125 Å². The fourth-order valence-electron chi connectivity index (χ4n) is 5.61. The van der Waals surface area contributed by atoms with Crippen LogP contribution in [0.4, 0.5) is 0 Å². The lowest BCUT2D eigenvalue weighted by atomic mass is 9.55. The molecule has 0 bridgehead atoms. The van der Waals surface area contributed by atoms with Crippen molar-refractivity contribution in [2.45, 2.75) is 57.5 Å². The van der Waals surface area contributed by atoms with Crippen LogP contribution in [0.15, 0.2) is 12.1 Å². The lowest BCUT2D eigenvalue weighted by Gasteiger charge is -2.50. The van der Waals surface area contributed by atoms with Gasteiger partial charge >= 0.3 is 0 Å². The Morgan fingerprint density at radius 2 is 1.90 bits per heavy atom. The van der Waals surface area contributed by atoms with E-state index in [9.17, 15) is 15.3 Å². The van der Waals surface area contributed by atoms with Crippen LogP contribution in [0.2, 0.25) is 0 Å². The first kappa shape index (κ1) is 13.4. The van der Waals surface area contributed by atoms with Gasteiger partial charge in [-0.15, -0.1) is 0 Å². The summed E-state index contributed by atoms with van der Waals surface area (Å²) in [6, 6.07) is 3.64. The van der Waals surface area contributed by atoms with Crippen molar-refractivity contribution in [1.29, 1.82) is 0 Å². The van der Waals surface area contributed by atoms with Crippen LogP contribution in [0.25, 0.3) is 0 Å². The molecule has 0 spiro atoms. The van der Waals surface area contributed by atoms with Crippen molar-refractivity contribution in [3.63, 3.8) is 0 Å². The van der Waals surface area contributed by atoms with Gasteiger partial charge < -0.3 is 15.3 Å². The second-order valence-electron chi connectivity index (χ2n) is 7.55. The van der Waals surface area contributed by atoms with Crippen LogP contribution in [-0.2, 0) is 6.42 Å². The van der Waals surface area contributed by atoms with E-state index >= 15 is 0 Å². The second-order valence-corrected chi connectivity index (χ2v) is 7.55. The summed E-state index contributed by atoms with van der Waals surface area (Å²) in [5.74, 6) is 1.81. The minimum atomic E-state index is -0.141. The van der Waals surface area contributed by atoms with Crippen molar-refractivity contribution in [3.8, 4) is 11.5 Å². The zero-order valence-corrected chi connectivity index (χ0v) is 12.5. The highest BCUT2D eigenvalue weighted by Crippen LogP contribution is 2.61. The van der Waals surface area contributed by atoms with Crippen molar-refractivity contribution >= 4 is 0 Å². The van der Waals surface area contributed by atoms with Crippen molar-refractivity contribution in [2.75, 3.05) is 0 Å². The highest BCUT2D eigenvalue weighted by atomic mass is 16.3. The first-order valence-corrected chi connectivity index (χ1v) is 8.24. The van der Waals surface area contributed by atoms with Crippen LogP contribution >= 0.6 is 0 Å². The van der Waals surface area contributed by atoms with E-state index in [4.69, 9.17) is 0 Å². The number of fused-ring (bicyclic) bond motifs is 5. The molecular formula is C18H24O3. The summed E-state index contributed by atoms with van der Waals surface area (Å²) in [5, 5.41) is 30.2. The Balaban J connectivity index is 1.74. The molecule has 21 heavy (non-hydrogen) atoms. The highest BCUT2D eigenvalue weighted by molar-refractivity contribution is 5.51. The zero-order valence-electron chi connectivity index (χ0n) is 12.5. The van der Waals surface area contributed by atoms with E-state index in [2.05, 4.69) is 6.92 Å². The van der Waals surface area contributed by atoms with E-state index in [0.29, 0.717) is 17.8 Å². The number of hydrogen-bond acceptors (Lipinski definition) is 3. The van der Waals surface area contributed by atoms with Crippen molar-refractivity contribution in [1.82, 2.24) is 0 Å². The quantitative estimate of drug-likeness (QED) is 0.642. The monoisotopic (exact) mass is 288 g/mol. The molecule has 0 aromatic heterocycles. The number of benzene rings is 1. The molecular weight excluding hydrogens is 264 g/mol. The Bertz CT molecular complexity index is 582. The number of phenols is 2. The van der Waals surface area contributed by atoms with E-state index in [-0.39, 0.29) is 23.0 Å². The standard InChI is InChI=1S/C18H24O3/c1-18-9-8-11-10-4-6-15(19)17(21)13(10)3-2-12(11)14(18)5-7-16(18)20/h4,6,11-12,14,16,19-21H,2-3,5,7-9H2,1H3/t11-,12+,14+,16-,18-/m0/s1. The molecule has 0 aliphatic heterocycles. The van der Waals surface area contributed by atoms with Gasteiger partial charge in [-0.25, -0.2) is 0 Å². The maximum Gasteiger partial charge on any atom is 0.160 e. The molecule has 3 nitrogen and oxygen atoms in total. The summed E-state index contributed by atoms with van der Waals surface area (Å²) in [6.07, 6.45) is 6.02. The van der Waals surface area contributed by atoms with Crippen LogP contribution < -0.4 is 0 Å². The predicted molar refractivity (Wildman–Crippen MR) is 80.4 cm³/mol. The average Bonchev–Trinajstić information content (AvgIpc) is 2.78. The Kier molecular flexibility index (Phi) is 2.81.